The summed E-state index contributed by atoms with van der Waals surface area (Å²) in [5.41, 5.74) is 5.19. The second kappa shape index (κ2) is 4.33. The molecule has 0 saturated carbocycles. The van der Waals surface area contributed by atoms with Gasteiger partial charge in [-0.1, -0.05) is 0 Å². The van der Waals surface area contributed by atoms with Gasteiger partial charge in [0.2, 0.25) is 0 Å². The first-order valence-corrected chi connectivity index (χ1v) is 4.62. The Hall–Kier alpha value is -0.580. The maximum absolute atomic E-state index is 10.8. The SMILES string of the molecule is CN=C(N)NCP(=O)(O)OC. The highest BCUT2D eigenvalue weighted by Crippen LogP contribution is 2.38. The van der Waals surface area contributed by atoms with Crippen LogP contribution >= 0.6 is 7.60 Å². The molecule has 0 aliphatic carbocycles. The zero-order chi connectivity index (χ0) is 8.91. The molecule has 0 aromatic rings. The molecule has 0 spiro atoms. The number of hydrogen-bond donors (Lipinski definition) is 3. The van der Waals surface area contributed by atoms with Gasteiger partial charge >= 0.3 is 7.60 Å². The summed E-state index contributed by atoms with van der Waals surface area (Å²) in [7, 11) is -0.888. The quantitative estimate of drug-likeness (QED) is 0.304. The standard InChI is InChI=1S/C4H12N3O3P/c1-6-4(5)7-3-11(8,9)10-2/h3H2,1-2H3,(H,8,9)(H3,5,6,7). The number of aliphatic imine (C=N–C) groups is 1. The van der Waals surface area contributed by atoms with Gasteiger partial charge < -0.3 is 20.5 Å². The first kappa shape index (κ1) is 10.4. The molecule has 1 atom stereocenters. The van der Waals surface area contributed by atoms with Crippen molar-refractivity contribution in [1.82, 2.24) is 5.32 Å². The van der Waals surface area contributed by atoms with E-state index in [9.17, 15) is 4.57 Å². The van der Waals surface area contributed by atoms with Crippen LogP contribution in [0, 0.1) is 0 Å². The molecule has 0 radical (unpaired) electrons. The smallest absolute Gasteiger partial charge is 0.346 e. The normalized spacial score (nSPS) is 17.5. The second-order valence-electron chi connectivity index (χ2n) is 1.76. The van der Waals surface area contributed by atoms with Crippen LogP contribution in [-0.2, 0) is 9.09 Å². The van der Waals surface area contributed by atoms with E-state index in [1.165, 1.54) is 7.05 Å². The molecule has 0 amide bonds. The first-order valence-electron chi connectivity index (χ1n) is 2.85. The molecule has 0 heterocycles. The zero-order valence-electron chi connectivity index (χ0n) is 6.44. The highest BCUT2D eigenvalue weighted by Gasteiger charge is 2.15. The van der Waals surface area contributed by atoms with Gasteiger partial charge in [-0.3, -0.25) is 9.56 Å². The lowest BCUT2D eigenvalue weighted by atomic mass is 11.0. The van der Waals surface area contributed by atoms with E-state index in [1.54, 1.807) is 0 Å². The second-order valence-corrected chi connectivity index (χ2v) is 3.72. The van der Waals surface area contributed by atoms with Crippen LogP contribution in [0.3, 0.4) is 0 Å². The van der Waals surface area contributed by atoms with E-state index >= 15 is 0 Å². The fourth-order valence-electron chi connectivity index (χ4n) is 0.325. The molecule has 0 aliphatic heterocycles. The molecule has 0 saturated heterocycles. The molecule has 0 bridgehead atoms. The minimum Gasteiger partial charge on any atom is -0.370 e. The third-order valence-electron chi connectivity index (χ3n) is 0.986. The molecule has 11 heavy (non-hydrogen) atoms. The zero-order valence-corrected chi connectivity index (χ0v) is 7.34. The van der Waals surface area contributed by atoms with Gasteiger partial charge in [-0.25, -0.2) is 0 Å². The van der Waals surface area contributed by atoms with Crippen molar-refractivity contribution >= 4 is 13.6 Å². The van der Waals surface area contributed by atoms with Gasteiger partial charge in [-0.05, 0) is 0 Å². The van der Waals surface area contributed by atoms with Crippen molar-refractivity contribution in [1.29, 1.82) is 0 Å². The minimum absolute atomic E-state index is 0.108. The summed E-state index contributed by atoms with van der Waals surface area (Å²) in [5.74, 6) is 0.108. The third-order valence-corrected chi connectivity index (χ3v) is 2.11. The van der Waals surface area contributed by atoms with Crippen molar-refractivity contribution in [3.8, 4) is 0 Å². The van der Waals surface area contributed by atoms with Crippen molar-refractivity contribution in [2.45, 2.75) is 0 Å². The van der Waals surface area contributed by atoms with Gasteiger partial charge in [0.15, 0.2) is 5.96 Å². The Labute approximate surface area is 65.0 Å². The van der Waals surface area contributed by atoms with Crippen molar-refractivity contribution in [2.24, 2.45) is 10.7 Å². The van der Waals surface area contributed by atoms with Crippen molar-refractivity contribution < 1.29 is 14.0 Å². The lowest BCUT2D eigenvalue weighted by molar-refractivity contribution is 0.314. The predicted octanol–water partition coefficient (Wildman–Crippen LogP) is -0.690. The van der Waals surface area contributed by atoms with Crippen LogP contribution in [0.25, 0.3) is 0 Å². The molecule has 7 heteroatoms. The van der Waals surface area contributed by atoms with Crippen LogP contribution in [-0.4, -0.2) is 31.3 Å². The Morgan fingerprint density at radius 3 is 2.82 bits per heavy atom. The molecule has 0 rings (SSSR count). The number of nitrogens with two attached hydrogens (primary N) is 1. The Morgan fingerprint density at radius 1 is 1.91 bits per heavy atom. The van der Waals surface area contributed by atoms with Gasteiger partial charge in [-0.2, -0.15) is 0 Å². The van der Waals surface area contributed by atoms with E-state index < -0.39 is 7.60 Å². The van der Waals surface area contributed by atoms with E-state index in [0.29, 0.717) is 0 Å². The molecule has 6 nitrogen and oxygen atoms in total. The lowest BCUT2D eigenvalue weighted by Crippen LogP contribution is -2.32. The highest BCUT2D eigenvalue weighted by atomic mass is 31.2. The number of nitrogens with zero attached hydrogens (tertiary/aromatic N) is 1. The molecular weight excluding hydrogens is 169 g/mol. The fraction of sp³-hybridized carbons (Fsp3) is 0.750. The van der Waals surface area contributed by atoms with E-state index in [2.05, 4.69) is 14.8 Å². The average Bonchev–Trinajstić information content (AvgIpc) is 2.00. The van der Waals surface area contributed by atoms with Crippen LogP contribution in [0.15, 0.2) is 4.99 Å². The molecule has 0 aromatic heterocycles. The summed E-state index contributed by atoms with van der Waals surface area (Å²) in [5, 5.41) is 2.41. The van der Waals surface area contributed by atoms with E-state index in [-0.39, 0.29) is 12.2 Å². The first-order chi connectivity index (χ1) is 5.02. The van der Waals surface area contributed by atoms with Crippen molar-refractivity contribution in [3.05, 3.63) is 0 Å². The van der Waals surface area contributed by atoms with Gasteiger partial charge in [0.25, 0.3) is 0 Å². The Morgan fingerprint density at radius 2 is 2.45 bits per heavy atom. The molecule has 1 unspecified atom stereocenters. The molecule has 0 aliphatic rings. The van der Waals surface area contributed by atoms with Crippen LogP contribution < -0.4 is 11.1 Å². The Bertz CT molecular complexity index is 193. The van der Waals surface area contributed by atoms with E-state index in [1.807, 2.05) is 0 Å². The molecule has 0 aromatic carbocycles. The maximum atomic E-state index is 10.8. The van der Waals surface area contributed by atoms with Gasteiger partial charge in [0.05, 0.1) is 0 Å². The summed E-state index contributed by atoms with van der Waals surface area (Å²) in [6.45, 7) is 0. The minimum atomic E-state index is -3.51. The van der Waals surface area contributed by atoms with Crippen LogP contribution in [0.5, 0.6) is 0 Å². The largest absolute Gasteiger partial charge is 0.370 e. The summed E-state index contributed by atoms with van der Waals surface area (Å²) in [6.07, 6.45) is -0.229. The molecular formula is C4H12N3O3P. The Kier molecular flexibility index (Phi) is 4.10. The number of guanidine groups is 1. The van der Waals surface area contributed by atoms with Crippen molar-refractivity contribution in [2.75, 3.05) is 20.4 Å². The monoisotopic (exact) mass is 181 g/mol. The topological polar surface area (TPSA) is 96.9 Å². The number of hydrogen-bond acceptors (Lipinski definition) is 3. The van der Waals surface area contributed by atoms with Crippen LogP contribution in [0.1, 0.15) is 0 Å². The highest BCUT2D eigenvalue weighted by molar-refractivity contribution is 7.52. The van der Waals surface area contributed by atoms with Gasteiger partial charge in [0.1, 0.15) is 6.29 Å². The summed E-state index contributed by atoms with van der Waals surface area (Å²) in [6, 6.07) is 0. The third kappa shape index (κ3) is 4.78. The molecule has 66 valence electrons. The van der Waals surface area contributed by atoms with E-state index in [0.717, 1.165) is 7.11 Å². The van der Waals surface area contributed by atoms with Gasteiger partial charge in [-0.15, -0.1) is 0 Å². The van der Waals surface area contributed by atoms with Gasteiger partial charge in [0, 0.05) is 14.2 Å². The molecule has 0 fully saturated rings. The van der Waals surface area contributed by atoms with Crippen LogP contribution in [0.2, 0.25) is 0 Å². The summed E-state index contributed by atoms with van der Waals surface area (Å²) < 4.78 is 15.0. The number of rotatable bonds is 3. The molecule has 4 N–H and O–H groups in total. The van der Waals surface area contributed by atoms with E-state index in [4.69, 9.17) is 10.6 Å². The summed E-state index contributed by atoms with van der Waals surface area (Å²) >= 11 is 0. The Balaban J connectivity index is 3.80. The fourth-order valence-corrected chi connectivity index (χ4v) is 0.815. The lowest BCUT2D eigenvalue weighted by Gasteiger charge is -2.09. The summed E-state index contributed by atoms with van der Waals surface area (Å²) in [4.78, 5) is 12.3. The average molecular weight is 181 g/mol. The predicted molar refractivity (Wildman–Crippen MR) is 42.4 cm³/mol. The maximum Gasteiger partial charge on any atom is 0.346 e. The number of nitrogens with one attached hydrogen (secondary N) is 1. The van der Waals surface area contributed by atoms with Crippen molar-refractivity contribution in [3.63, 3.8) is 0 Å². The van der Waals surface area contributed by atoms with Crippen LogP contribution in [0.4, 0.5) is 0 Å².